The molecule has 1 aliphatic heterocycles. The Hall–Kier alpha value is -2.77. The highest BCUT2D eigenvalue weighted by atomic mass is 19.4. The highest BCUT2D eigenvalue weighted by Crippen LogP contribution is 2.35. The monoisotopic (exact) mass is 407 g/mol. The summed E-state index contributed by atoms with van der Waals surface area (Å²) in [6, 6.07) is 8.58. The number of hydrogen-bond donors (Lipinski definition) is 1. The smallest absolute Gasteiger partial charge is 0.419 e. The summed E-state index contributed by atoms with van der Waals surface area (Å²) in [6.07, 6.45) is 1.90. The number of alkyl halides is 3. The number of benzene rings is 1. The van der Waals surface area contributed by atoms with E-state index in [1.165, 1.54) is 31.0 Å². The first-order valence-electron chi connectivity index (χ1n) is 9.69. The molecule has 1 amide bonds. The molecule has 1 aliphatic rings. The fourth-order valence-corrected chi connectivity index (χ4v) is 3.26. The lowest BCUT2D eigenvalue weighted by Crippen LogP contribution is -2.29. The van der Waals surface area contributed by atoms with E-state index >= 15 is 0 Å². The number of para-hydroxylation sites is 1. The summed E-state index contributed by atoms with van der Waals surface area (Å²) >= 11 is 0. The minimum atomic E-state index is -4.53. The number of nitrogens with one attached hydrogen (secondary N) is 1. The molecule has 8 heteroatoms. The Morgan fingerprint density at radius 2 is 1.83 bits per heavy atom. The molecule has 1 aromatic carbocycles. The van der Waals surface area contributed by atoms with Gasteiger partial charge in [-0.05, 0) is 42.7 Å². The number of rotatable bonds is 6. The Balaban J connectivity index is 1.53. The number of aromatic nitrogens is 1. The van der Waals surface area contributed by atoms with E-state index in [2.05, 4.69) is 15.2 Å². The average molecular weight is 407 g/mol. The van der Waals surface area contributed by atoms with Crippen LogP contribution in [0.4, 0.5) is 19.0 Å². The Bertz CT molecular complexity index is 819. The Labute approximate surface area is 167 Å². The number of amides is 1. The normalized spacial score (nSPS) is 14.9. The minimum absolute atomic E-state index is 0.256. The van der Waals surface area contributed by atoms with Crippen LogP contribution in [-0.2, 0) is 17.5 Å². The van der Waals surface area contributed by atoms with Crippen molar-refractivity contribution >= 4 is 11.7 Å². The van der Waals surface area contributed by atoms with Crippen molar-refractivity contribution in [3.8, 4) is 5.75 Å². The first-order chi connectivity index (χ1) is 13.9. The van der Waals surface area contributed by atoms with Crippen LogP contribution in [0.25, 0.3) is 0 Å². The molecule has 0 spiro atoms. The first-order valence-corrected chi connectivity index (χ1v) is 9.69. The SMILES string of the molecule is O=C(COc1ccccc1C(F)(F)F)NCc1ccnc(N2CCCCCC2)c1. The maximum Gasteiger partial charge on any atom is 0.419 e. The highest BCUT2D eigenvalue weighted by molar-refractivity contribution is 5.77. The quantitative estimate of drug-likeness (QED) is 0.781. The molecule has 0 unspecified atom stereocenters. The molecule has 0 radical (unpaired) electrons. The van der Waals surface area contributed by atoms with Gasteiger partial charge in [0.1, 0.15) is 11.6 Å². The van der Waals surface area contributed by atoms with Crippen molar-refractivity contribution in [2.75, 3.05) is 24.6 Å². The maximum absolute atomic E-state index is 13.0. The molecule has 156 valence electrons. The number of halogens is 3. The van der Waals surface area contributed by atoms with Crippen LogP contribution < -0.4 is 15.0 Å². The molecular weight excluding hydrogens is 383 g/mol. The third-order valence-corrected chi connectivity index (χ3v) is 4.78. The third-order valence-electron chi connectivity index (χ3n) is 4.78. The van der Waals surface area contributed by atoms with Crippen LogP contribution in [0.1, 0.15) is 36.8 Å². The van der Waals surface area contributed by atoms with Crippen LogP contribution in [0, 0.1) is 0 Å². The van der Waals surface area contributed by atoms with Crippen molar-refractivity contribution in [2.45, 2.75) is 38.4 Å². The Kier molecular flexibility index (Phi) is 6.95. The summed E-state index contributed by atoms with van der Waals surface area (Å²) in [5.74, 6) is 0.0339. The lowest BCUT2D eigenvalue weighted by Gasteiger charge is -2.21. The molecule has 0 bridgehead atoms. The number of carbonyl (C=O) groups is 1. The lowest BCUT2D eigenvalue weighted by atomic mass is 10.2. The van der Waals surface area contributed by atoms with Crippen molar-refractivity contribution < 1.29 is 22.7 Å². The van der Waals surface area contributed by atoms with E-state index in [9.17, 15) is 18.0 Å². The van der Waals surface area contributed by atoms with Gasteiger partial charge in [-0.1, -0.05) is 25.0 Å². The van der Waals surface area contributed by atoms with Gasteiger partial charge < -0.3 is 15.0 Å². The highest BCUT2D eigenvalue weighted by Gasteiger charge is 2.34. The number of nitrogens with zero attached hydrogens (tertiary/aromatic N) is 2. The van der Waals surface area contributed by atoms with Crippen LogP contribution in [0.15, 0.2) is 42.6 Å². The molecule has 5 nitrogen and oxygen atoms in total. The fraction of sp³-hybridized carbons (Fsp3) is 0.429. The molecule has 1 fully saturated rings. The zero-order valence-corrected chi connectivity index (χ0v) is 16.0. The molecule has 1 saturated heterocycles. The second kappa shape index (κ2) is 9.62. The number of ether oxygens (including phenoxy) is 1. The van der Waals surface area contributed by atoms with Crippen molar-refractivity contribution in [3.63, 3.8) is 0 Å². The van der Waals surface area contributed by atoms with Gasteiger partial charge in [-0.25, -0.2) is 4.98 Å². The summed E-state index contributed by atoms with van der Waals surface area (Å²) < 4.78 is 44.0. The van der Waals surface area contributed by atoms with Crippen molar-refractivity contribution in [1.82, 2.24) is 10.3 Å². The molecule has 29 heavy (non-hydrogen) atoms. The summed E-state index contributed by atoms with van der Waals surface area (Å²) in [6.45, 7) is 1.70. The van der Waals surface area contributed by atoms with Gasteiger partial charge in [0.2, 0.25) is 0 Å². The van der Waals surface area contributed by atoms with E-state index in [0.29, 0.717) is 0 Å². The zero-order chi connectivity index (χ0) is 20.7. The lowest BCUT2D eigenvalue weighted by molar-refractivity contribution is -0.139. The van der Waals surface area contributed by atoms with Gasteiger partial charge in [-0.3, -0.25) is 4.79 Å². The van der Waals surface area contributed by atoms with Crippen molar-refractivity contribution in [3.05, 3.63) is 53.7 Å². The molecule has 1 aromatic heterocycles. The molecule has 3 rings (SSSR count). The fourth-order valence-electron chi connectivity index (χ4n) is 3.26. The summed E-state index contributed by atoms with van der Waals surface area (Å²) in [4.78, 5) is 18.7. The van der Waals surface area contributed by atoms with E-state index in [0.717, 1.165) is 43.4 Å². The topological polar surface area (TPSA) is 54.5 Å². The molecule has 2 heterocycles. The summed E-state index contributed by atoms with van der Waals surface area (Å²) in [5, 5.41) is 2.68. The van der Waals surface area contributed by atoms with Crippen LogP contribution in [0.5, 0.6) is 5.75 Å². The zero-order valence-electron chi connectivity index (χ0n) is 16.0. The van der Waals surface area contributed by atoms with E-state index in [4.69, 9.17) is 4.74 Å². The van der Waals surface area contributed by atoms with Gasteiger partial charge in [0.05, 0.1) is 5.56 Å². The summed E-state index contributed by atoms with van der Waals surface area (Å²) in [5.41, 5.74) is -0.0210. The van der Waals surface area contributed by atoms with Crippen LogP contribution in [-0.4, -0.2) is 30.6 Å². The molecule has 0 aliphatic carbocycles. The second-order valence-electron chi connectivity index (χ2n) is 6.98. The van der Waals surface area contributed by atoms with E-state index in [1.54, 1.807) is 12.3 Å². The Morgan fingerprint density at radius 3 is 2.55 bits per heavy atom. The van der Waals surface area contributed by atoms with Gasteiger partial charge in [0, 0.05) is 25.8 Å². The number of hydrogen-bond acceptors (Lipinski definition) is 4. The van der Waals surface area contributed by atoms with E-state index in [-0.39, 0.29) is 12.3 Å². The van der Waals surface area contributed by atoms with E-state index in [1.807, 2.05) is 6.07 Å². The van der Waals surface area contributed by atoms with Crippen LogP contribution >= 0.6 is 0 Å². The van der Waals surface area contributed by atoms with Crippen molar-refractivity contribution in [1.29, 1.82) is 0 Å². The van der Waals surface area contributed by atoms with Gasteiger partial charge in [0.15, 0.2) is 6.61 Å². The predicted molar refractivity (Wildman–Crippen MR) is 104 cm³/mol. The molecule has 0 atom stereocenters. The van der Waals surface area contributed by atoms with Gasteiger partial charge in [-0.15, -0.1) is 0 Å². The predicted octanol–water partition coefficient (Wildman–Crippen LogP) is 4.18. The third kappa shape index (κ3) is 6.10. The largest absolute Gasteiger partial charge is 0.483 e. The second-order valence-corrected chi connectivity index (χ2v) is 6.98. The maximum atomic E-state index is 13.0. The van der Waals surface area contributed by atoms with Crippen LogP contribution in [0.3, 0.4) is 0 Å². The number of pyridine rings is 1. The molecule has 0 saturated carbocycles. The summed E-state index contributed by atoms with van der Waals surface area (Å²) in [7, 11) is 0. The van der Waals surface area contributed by atoms with Crippen molar-refractivity contribution in [2.24, 2.45) is 0 Å². The van der Waals surface area contributed by atoms with Gasteiger partial charge >= 0.3 is 6.18 Å². The number of carbonyl (C=O) groups excluding carboxylic acids is 1. The number of anilines is 1. The molecule has 2 aromatic rings. The molecule has 1 N–H and O–H groups in total. The standard InChI is InChI=1S/C21H24F3N3O2/c22-21(23,24)17-7-3-4-8-18(17)29-15-20(28)26-14-16-9-10-25-19(13-16)27-11-5-1-2-6-12-27/h3-4,7-10,13H,1-2,5-6,11-12,14-15H2,(H,26,28). The first kappa shape index (κ1) is 21.0. The minimum Gasteiger partial charge on any atom is -0.483 e. The average Bonchev–Trinajstić information content (AvgIpc) is 3.00. The Morgan fingerprint density at radius 1 is 1.10 bits per heavy atom. The van der Waals surface area contributed by atoms with Gasteiger partial charge in [-0.2, -0.15) is 13.2 Å². The van der Waals surface area contributed by atoms with Crippen LogP contribution in [0.2, 0.25) is 0 Å². The van der Waals surface area contributed by atoms with Gasteiger partial charge in [0.25, 0.3) is 5.91 Å². The molecular formula is C21H24F3N3O2. The van der Waals surface area contributed by atoms with E-state index < -0.39 is 24.3 Å².